The van der Waals surface area contributed by atoms with Crippen LogP contribution in [0.15, 0.2) is 24.0 Å². The lowest BCUT2D eigenvalue weighted by Gasteiger charge is -2.71. The Morgan fingerprint density at radius 3 is 2.51 bits per heavy atom. The Balaban J connectivity index is 1.42. The smallest absolute Gasteiger partial charge is 0.312 e. The highest BCUT2D eigenvalue weighted by atomic mass is 16.5. The summed E-state index contributed by atoms with van der Waals surface area (Å²) in [6, 6.07) is 2.29. The number of carbonyl (C=O) groups is 1. The van der Waals surface area contributed by atoms with E-state index in [-0.39, 0.29) is 39.0 Å². The number of hydrogen-bond donors (Lipinski definition) is 3. The topological polar surface area (TPSA) is 96.8 Å². The first-order valence-corrected chi connectivity index (χ1v) is 18.0. The number of unbranched alkanes of at least 4 members (excludes halogenated alkanes) is 1. The van der Waals surface area contributed by atoms with Gasteiger partial charge in [-0.05, 0) is 121 Å². The van der Waals surface area contributed by atoms with Crippen LogP contribution >= 0.6 is 0 Å². The Morgan fingerprint density at radius 1 is 1.04 bits per heavy atom. The molecule has 5 aliphatic carbocycles. The number of aromatic amines is 2. The van der Waals surface area contributed by atoms with E-state index in [0.29, 0.717) is 24.3 Å². The minimum absolute atomic E-state index is 0.00581. The van der Waals surface area contributed by atoms with Gasteiger partial charge in [-0.3, -0.25) is 9.89 Å². The van der Waals surface area contributed by atoms with Gasteiger partial charge in [0.25, 0.3) is 0 Å². The molecule has 2 aromatic rings. The molecule has 45 heavy (non-hydrogen) atoms. The number of ether oxygens (including phenoxy) is 1. The first-order chi connectivity index (χ1) is 21.1. The lowest BCUT2D eigenvalue weighted by atomic mass is 9.33. The molecule has 0 bridgehead atoms. The van der Waals surface area contributed by atoms with Gasteiger partial charge in [0.1, 0.15) is 5.82 Å². The van der Waals surface area contributed by atoms with E-state index in [2.05, 4.69) is 89.0 Å². The molecule has 1 unspecified atom stereocenters. The summed E-state index contributed by atoms with van der Waals surface area (Å²) in [4.78, 5) is 17.7. The third-order valence-corrected chi connectivity index (χ3v) is 15.0. The van der Waals surface area contributed by atoms with Crippen molar-refractivity contribution in [2.45, 2.75) is 131 Å². The molecule has 0 radical (unpaired) electrons. The highest BCUT2D eigenvalue weighted by Crippen LogP contribution is 2.77. The molecule has 3 fully saturated rings. The minimum atomic E-state index is -0.420. The zero-order chi connectivity index (χ0) is 32.2. The number of hydrogen-bond acceptors (Lipinski definition) is 4. The zero-order valence-corrected chi connectivity index (χ0v) is 29.3. The monoisotopic (exact) mass is 614 g/mol. The van der Waals surface area contributed by atoms with Crippen molar-refractivity contribution in [3.05, 3.63) is 40.9 Å². The van der Waals surface area contributed by atoms with E-state index in [1.165, 1.54) is 35.2 Å². The zero-order valence-electron chi connectivity index (χ0n) is 29.3. The third-order valence-electron chi connectivity index (χ3n) is 15.0. The number of nitrogens with zero attached hydrogens (tertiary/aromatic N) is 1. The Kier molecular flexibility index (Phi) is 6.92. The van der Waals surface area contributed by atoms with Gasteiger partial charge in [-0.25, -0.2) is 0 Å². The van der Waals surface area contributed by atoms with Crippen molar-refractivity contribution in [3.63, 3.8) is 0 Å². The fourth-order valence-electron chi connectivity index (χ4n) is 12.4. The first-order valence-electron chi connectivity index (χ1n) is 18.0. The molecule has 2 aromatic heterocycles. The second-order valence-electron chi connectivity index (χ2n) is 18.0. The normalized spacial score (nSPS) is 39.6. The van der Waals surface area contributed by atoms with Crippen LogP contribution in [-0.4, -0.2) is 27.8 Å². The van der Waals surface area contributed by atoms with E-state index < -0.39 is 5.41 Å². The number of nitrogens with one attached hydrogen (secondary N) is 2. The predicted octanol–water partition coefficient (Wildman–Crippen LogP) is 9.01. The fourth-order valence-corrected chi connectivity index (χ4v) is 12.4. The molecule has 0 amide bonds. The number of anilines is 1. The molecule has 4 N–H and O–H groups in total. The minimum Gasteiger partial charge on any atom is -0.465 e. The number of H-pyrrole nitrogens is 2. The van der Waals surface area contributed by atoms with E-state index in [1.54, 1.807) is 5.57 Å². The van der Waals surface area contributed by atoms with Gasteiger partial charge in [-0.15, -0.1) is 0 Å². The van der Waals surface area contributed by atoms with Gasteiger partial charge >= 0.3 is 5.97 Å². The number of aromatic nitrogens is 3. The number of allylic oxidation sites excluding steroid dienone is 2. The number of rotatable bonds is 5. The average Bonchev–Trinajstić information content (AvgIpc) is 3.63. The van der Waals surface area contributed by atoms with Crippen molar-refractivity contribution in [2.24, 2.45) is 44.8 Å². The van der Waals surface area contributed by atoms with Crippen molar-refractivity contribution in [1.29, 1.82) is 0 Å². The molecule has 0 aromatic carbocycles. The molecule has 6 nitrogen and oxygen atoms in total. The Labute approximate surface area is 271 Å². The average molecular weight is 615 g/mol. The second kappa shape index (κ2) is 10.0. The van der Waals surface area contributed by atoms with Gasteiger partial charge in [0.05, 0.1) is 12.0 Å². The summed E-state index contributed by atoms with van der Waals surface area (Å²) in [6.07, 6.45) is 15.8. The van der Waals surface area contributed by atoms with Crippen molar-refractivity contribution >= 4 is 17.4 Å². The lowest BCUT2D eigenvalue weighted by molar-refractivity contribution is -0.180. The van der Waals surface area contributed by atoms with E-state index in [1.807, 2.05) is 0 Å². The molecule has 7 rings (SSSR count). The highest BCUT2D eigenvalue weighted by molar-refractivity contribution is 5.81. The maximum absolute atomic E-state index is 14.3. The first kappa shape index (κ1) is 31.1. The van der Waals surface area contributed by atoms with Crippen molar-refractivity contribution in [3.8, 4) is 0 Å². The number of fused-ring (bicyclic) bond motifs is 8. The van der Waals surface area contributed by atoms with Crippen LogP contribution in [0.2, 0.25) is 0 Å². The van der Waals surface area contributed by atoms with Crippen LogP contribution in [0.1, 0.15) is 136 Å². The van der Waals surface area contributed by atoms with Crippen molar-refractivity contribution in [1.82, 2.24) is 15.2 Å². The van der Waals surface area contributed by atoms with Crippen LogP contribution in [-0.2, 0) is 21.4 Å². The molecule has 2 heterocycles. The van der Waals surface area contributed by atoms with Gasteiger partial charge in [0.2, 0.25) is 0 Å². The van der Waals surface area contributed by atoms with E-state index in [9.17, 15) is 4.79 Å². The number of carbonyl (C=O) groups excluding carboxylic acids is 1. The molecule has 0 spiro atoms. The van der Waals surface area contributed by atoms with Gasteiger partial charge in [0.15, 0.2) is 0 Å². The van der Waals surface area contributed by atoms with E-state index in [4.69, 9.17) is 10.5 Å². The molecule has 0 aliphatic heterocycles. The Morgan fingerprint density at radius 2 is 1.80 bits per heavy atom. The van der Waals surface area contributed by atoms with Crippen LogP contribution in [0.5, 0.6) is 0 Å². The van der Waals surface area contributed by atoms with Crippen molar-refractivity contribution in [2.75, 3.05) is 12.3 Å². The van der Waals surface area contributed by atoms with Crippen LogP contribution in [0, 0.1) is 44.8 Å². The number of nitrogens with two attached hydrogens (primary N) is 1. The summed E-state index contributed by atoms with van der Waals surface area (Å²) in [5.74, 6) is 2.01. The summed E-state index contributed by atoms with van der Waals surface area (Å²) < 4.78 is 6.18. The lowest BCUT2D eigenvalue weighted by Crippen LogP contribution is -2.65. The summed E-state index contributed by atoms with van der Waals surface area (Å²) in [5.41, 5.74) is 13.5. The predicted molar refractivity (Wildman–Crippen MR) is 181 cm³/mol. The van der Waals surface area contributed by atoms with E-state index in [0.717, 1.165) is 57.8 Å². The standard InChI is InChI=1S/C39H58N4O2/c1-9-10-19-45-33(44)39-16-14-34(2,3)22-27(39)30-25(24-12-18-41-23-24)20-29-36(6)21-26-31(42-43-32(26)40)35(4,5)28(36)11-13-37(29,7)38(30,8)15-17-39/h12,18,23,27-29,41H,9-11,13-17,19-22H2,1-8H3,(H3,40,42,43)/t27-,28-,29?,36-,37+,38+,39-/m0/s1. The Hall–Kier alpha value is -2.50. The molecule has 7 atom stereocenters. The van der Waals surface area contributed by atoms with Crippen LogP contribution in [0.25, 0.3) is 5.57 Å². The fraction of sp³-hybridized carbons (Fsp3) is 0.744. The van der Waals surface area contributed by atoms with Crippen LogP contribution < -0.4 is 5.73 Å². The van der Waals surface area contributed by atoms with E-state index >= 15 is 0 Å². The highest BCUT2D eigenvalue weighted by Gasteiger charge is 2.70. The van der Waals surface area contributed by atoms with Gasteiger partial charge < -0.3 is 15.5 Å². The molecule has 0 saturated heterocycles. The van der Waals surface area contributed by atoms with Crippen LogP contribution in [0.3, 0.4) is 0 Å². The summed E-state index contributed by atoms with van der Waals surface area (Å²) in [6.45, 7) is 20.3. The maximum Gasteiger partial charge on any atom is 0.312 e. The number of esters is 1. The molecule has 246 valence electrons. The molecule has 6 heteroatoms. The molecule has 3 saturated carbocycles. The summed E-state index contributed by atoms with van der Waals surface area (Å²) >= 11 is 0. The summed E-state index contributed by atoms with van der Waals surface area (Å²) in [5, 5.41) is 7.92. The van der Waals surface area contributed by atoms with Crippen molar-refractivity contribution < 1.29 is 9.53 Å². The second-order valence-corrected chi connectivity index (χ2v) is 18.0. The summed E-state index contributed by atoms with van der Waals surface area (Å²) in [7, 11) is 0. The molecule has 5 aliphatic rings. The largest absolute Gasteiger partial charge is 0.465 e. The van der Waals surface area contributed by atoms with Crippen LogP contribution in [0.4, 0.5) is 5.82 Å². The van der Waals surface area contributed by atoms with Gasteiger partial charge in [-0.2, -0.15) is 5.10 Å². The maximum atomic E-state index is 14.3. The molecular weight excluding hydrogens is 556 g/mol. The third kappa shape index (κ3) is 4.11. The number of nitrogen functional groups attached to an aromatic ring is 1. The quantitative estimate of drug-likeness (QED) is 0.231. The van der Waals surface area contributed by atoms with Gasteiger partial charge in [-0.1, -0.05) is 67.4 Å². The molecular formula is C39H58N4O2. The SMILES string of the molecule is CCCCOC(=O)[C@]12CCC(C)(C)C[C@H]1C1=C(c3cc[nH]c3)CC3[C@@]4(C)Cc5c(N)n[nH]c5C(C)(C)[C@@H]4CC[C@@]3(C)[C@]1(C)CC2. The van der Waals surface area contributed by atoms with Gasteiger partial charge in [0, 0.05) is 29.1 Å². The Bertz CT molecular complexity index is 1510.